The predicted molar refractivity (Wildman–Crippen MR) is 65.6 cm³/mol. The van der Waals surface area contributed by atoms with Gasteiger partial charge in [0.15, 0.2) is 5.82 Å². The van der Waals surface area contributed by atoms with Gasteiger partial charge >= 0.3 is 5.97 Å². The molecule has 3 rings (SSSR count). The van der Waals surface area contributed by atoms with Crippen LogP contribution in [-0.2, 0) is 4.79 Å². The number of carboxylic acids is 1. The van der Waals surface area contributed by atoms with Crippen LogP contribution in [0.5, 0.6) is 0 Å². The van der Waals surface area contributed by atoms with Gasteiger partial charge in [-0.2, -0.15) is 5.10 Å². The Morgan fingerprint density at radius 3 is 3.06 bits per heavy atom. The summed E-state index contributed by atoms with van der Waals surface area (Å²) in [4.78, 5) is 17.6. The molecule has 0 spiro atoms. The topological polar surface area (TPSA) is 70.7 Å². The standard InChI is InChI=1S/C12H14N4O2/c1-12(11(17)18)3-6-15(8-12)10-9-2-4-14-16(9)7-5-13-10/h2,4-5,7H,3,6,8H2,1H3,(H,17,18). The van der Waals surface area contributed by atoms with Crippen molar-refractivity contribution in [1.29, 1.82) is 0 Å². The summed E-state index contributed by atoms with van der Waals surface area (Å²) in [5.74, 6) is 0.0606. The molecule has 2 aromatic rings. The van der Waals surface area contributed by atoms with Crippen molar-refractivity contribution in [2.24, 2.45) is 5.41 Å². The summed E-state index contributed by atoms with van der Waals surface area (Å²) in [6.45, 7) is 2.98. The molecule has 1 saturated heterocycles. The second kappa shape index (κ2) is 3.69. The average molecular weight is 246 g/mol. The maximum absolute atomic E-state index is 11.2. The van der Waals surface area contributed by atoms with E-state index in [1.165, 1.54) is 0 Å². The van der Waals surface area contributed by atoms with Gasteiger partial charge < -0.3 is 10.0 Å². The van der Waals surface area contributed by atoms with Crippen LogP contribution in [0.25, 0.3) is 5.52 Å². The Labute approximate surface area is 104 Å². The Morgan fingerprint density at radius 1 is 1.50 bits per heavy atom. The van der Waals surface area contributed by atoms with E-state index in [2.05, 4.69) is 10.1 Å². The molecule has 0 saturated carbocycles. The van der Waals surface area contributed by atoms with Gasteiger partial charge in [0.2, 0.25) is 0 Å². The van der Waals surface area contributed by atoms with Crippen molar-refractivity contribution in [1.82, 2.24) is 14.6 Å². The first-order chi connectivity index (χ1) is 8.60. The third-order valence-corrected chi connectivity index (χ3v) is 3.59. The van der Waals surface area contributed by atoms with Gasteiger partial charge in [0.25, 0.3) is 0 Å². The van der Waals surface area contributed by atoms with E-state index in [1.54, 1.807) is 30.0 Å². The fourth-order valence-electron chi connectivity index (χ4n) is 2.40. The third kappa shape index (κ3) is 1.53. The van der Waals surface area contributed by atoms with E-state index in [-0.39, 0.29) is 0 Å². The molecule has 0 aromatic carbocycles. The molecule has 1 aliphatic heterocycles. The lowest BCUT2D eigenvalue weighted by Gasteiger charge is -2.21. The van der Waals surface area contributed by atoms with Crippen LogP contribution in [0.3, 0.4) is 0 Å². The van der Waals surface area contributed by atoms with Gasteiger partial charge in [-0.25, -0.2) is 9.50 Å². The number of carboxylic acid groups (broad SMARTS) is 1. The minimum absolute atomic E-state index is 0.486. The third-order valence-electron chi connectivity index (χ3n) is 3.59. The fraction of sp³-hybridized carbons (Fsp3) is 0.417. The van der Waals surface area contributed by atoms with Crippen molar-refractivity contribution >= 4 is 17.3 Å². The molecule has 1 unspecified atom stereocenters. The lowest BCUT2D eigenvalue weighted by atomic mass is 9.90. The van der Waals surface area contributed by atoms with Crippen molar-refractivity contribution in [3.05, 3.63) is 24.7 Å². The normalized spacial score (nSPS) is 23.7. The van der Waals surface area contributed by atoms with E-state index >= 15 is 0 Å². The van der Waals surface area contributed by atoms with Gasteiger partial charge in [-0.15, -0.1) is 0 Å². The first kappa shape index (κ1) is 11.0. The van der Waals surface area contributed by atoms with Gasteiger partial charge in [-0.05, 0) is 19.4 Å². The lowest BCUT2D eigenvalue weighted by molar-refractivity contribution is -0.146. The zero-order valence-corrected chi connectivity index (χ0v) is 10.1. The van der Waals surface area contributed by atoms with Crippen LogP contribution in [0, 0.1) is 5.41 Å². The first-order valence-corrected chi connectivity index (χ1v) is 5.87. The summed E-state index contributed by atoms with van der Waals surface area (Å²) < 4.78 is 1.75. The Balaban J connectivity index is 1.98. The molecule has 94 valence electrons. The van der Waals surface area contributed by atoms with Crippen molar-refractivity contribution < 1.29 is 9.90 Å². The maximum atomic E-state index is 11.2. The number of rotatable bonds is 2. The highest BCUT2D eigenvalue weighted by atomic mass is 16.4. The van der Waals surface area contributed by atoms with Crippen LogP contribution in [0.15, 0.2) is 24.7 Å². The number of carbonyl (C=O) groups is 1. The van der Waals surface area contributed by atoms with Crippen LogP contribution in [0.1, 0.15) is 13.3 Å². The van der Waals surface area contributed by atoms with Crippen LogP contribution < -0.4 is 4.90 Å². The summed E-state index contributed by atoms with van der Waals surface area (Å²) >= 11 is 0. The molecule has 0 aliphatic carbocycles. The Hall–Kier alpha value is -2.11. The summed E-state index contributed by atoms with van der Waals surface area (Å²) in [5.41, 5.74) is 0.223. The molecule has 0 radical (unpaired) electrons. The van der Waals surface area contributed by atoms with Crippen LogP contribution in [-0.4, -0.2) is 38.8 Å². The van der Waals surface area contributed by atoms with Crippen LogP contribution >= 0.6 is 0 Å². The van der Waals surface area contributed by atoms with E-state index in [0.717, 1.165) is 11.3 Å². The number of aromatic nitrogens is 3. The van der Waals surface area contributed by atoms with Gasteiger partial charge in [0, 0.05) is 25.5 Å². The predicted octanol–water partition coefficient (Wildman–Crippen LogP) is 1.03. The van der Waals surface area contributed by atoms with Crippen molar-refractivity contribution in [3.8, 4) is 0 Å². The minimum atomic E-state index is -0.745. The van der Waals surface area contributed by atoms with Crippen LogP contribution in [0.4, 0.5) is 5.82 Å². The molecule has 6 heteroatoms. The molecule has 2 aromatic heterocycles. The molecular formula is C12H14N4O2. The maximum Gasteiger partial charge on any atom is 0.311 e. The molecule has 1 atom stereocenters. The van der Waals surface area contributed by atoms with Crippen molar-refractivity contribution in [2.45, 2.75) is 13.3 Å². The summed E-state index contributed by atoms with van der Waals surface area (Å²) in [6, 6.07) is 1.89. The van der Waals surface area contributed by atoms with E-state index in [4.69, 9.17) is 0 Å². The molecular weight excluding hydrogens is 232 g/mol. The highest BCUT2D eigenvalue weighted by molar-refractivity contribution is 5.77. The second-order valence-corrected chi connectivity index (χ2v) is 4.95. The number of fused-ring (bicyclic) bond motifs is 1. The molecule has 3 heterocycles. The number of nitrogens with zero attached hydrogens (tertiary/aromatic N) is 4. The highest BCUT2D eigenvalue weighted by Gasteiger charge is 2.41. The Bertz CT molecular complexity index is 609. The Morgan fingerprint density at radius 2 is 2.33 bits per heavy atom. The molecule has 1 N–H and O–H groups in total. The number of aliphatic carboxylic acids is 1. The molecule has 6 nitrogen and oxygen atoms in total. The summed E-state index contributed by atoms with van der Waals surface area (Å²) in [6.07, 6.45) is 5.82. The SMILES string of the molecule is CC1(C(=O)O)CCN(c2nccn3nccc23)C1. The fourth-order valence-corrected chi connectivity index (χ4v) is 2.40. The largest absolute Gasteiger partial charge is 0.481 e. The van der Waals surface area contributed by atoms with E-state index in [9.17, 15) is 9.90 Å². The second-order valence-electron chi connectivity index (χ2n) is 4.95. The summed E-state index contributed by atoms with van der Waals surface area (Å²) in [5, 5.41) is 13.4. The number of anilines is 1. The lowest BCUT2D eigenvalue weighted by Crippen LogP contribution is -2.32. The van der Waals surface area contributed by atoms with E-state index in [0.29, 0.717) is 19.5 Å². The van der Waals surface area contributed by atoms with Gasteiger partial charge in [0.1, 0.15) is 5.52 Å². The zero-order valence-electron chi connectivity index (χ0n) is 10.1. The zero-order chi connectivity index (χ0) is 12.8. The number of hydrogen-bond acceptors (Lipinski definition) is 4. The van der Waals surface area contributed by atoms with E-state index < -0.39 is 11.4 Å². The van der Waals surface area contributed by atoms with Crippen molar-refractivity contribution in [3.63, 3.8) is 0 Å². The highest BCUT2D eigenvalue weighted by Crippen LogP contribution is 2.33. The molecule has 1 aliphatic rings. The van der Waals surface area contributed by atoms with Crippen LogP contribution in [0.2, 0.25) is 0 Å². The molecule has 0 amide bonds. The molecule has 1 fully saturated rings. The first-order valence-electron chi connectivity index (χ1n) is 5.87. The Kier molecular flexibility index (Phi) is 2.26. The van der Waals surface area contributed by atoms with Gasteiger partial charge in [-0.1, -0.05) is 0 Å². The summed E-state index contributed by atoms with van der Waals surface area (Å²) in [7, 11) is 0. The quantitative estimate of drug-likeness (QED) is 0.857. The molecule has 18 heavy (non-hydrogen) atoms. The van der Waals surface area contributed by atoms with Crippen molar-refractivity contribution in [2.75, 3.05) is 18.0 Å². The van der Waals surface area contributed by atoms with Gasteiger partial charge in [0.05, 0.1) is 11.6 Å². The smallest absolute Gasteiger partial charge is 0.311 e. The van der Waals surface area contributed by atoms with E-state index in [1.807, 2.05) is 11.0 Å². The molecule has 0 bridgehead atoms. The monoisotopic (exact) mass is 246 g/mol. The number of hydrogen-bond donors (Lipinski definition) is 1. The van der Waals surface area contributed by atoms with Gasteiger partial charge in [-0.3, -0.25) is 4.79 Å². The average Bonchev–Trinajstić information content (AvgIpc) is 2.95. The minimum Gasteiger partial charge on any atom is -0.481 e.